The summed E-state index contributed by atoms with van der Waals surface area (Å²) in [5.41, 5.74) is 0.568. The van der Waals surface area contributed by atoms with E-state index in [9.17, 15) is 18.0 Å². The molecule has 1 aliphatic heterocycles. The quantitative estimate of drug-likeness (QED) is 0.462. The van der Waals surface area contributed by atoms with E-state index in [1.54, 1.807) is 7.05 Å². The van der Waals surface area contributed by atoms with Crippen LogP contribution in [0, 0.1) is 0 Å². The number of rotatable bonds is 3. The van der Waals surface area contributed by atoms with Gasteiger partial charge in [0.1, 0.15) is 0 Å². The minimum atomic E-state index is -4.51. The van der Waals surface area contributed by atoms with Gasteiger partial charge in [-0.15, -0.1) is 0 Å². The highest BCUT2D eigenvalue weighted by atomic mass is 79.9. The van der Waals surface area contributed by atoms with E-state index < -0.39 is 17.0 Å². The molecular formula is C22H15BrF3NOS. The van der Waals surface area contributed by atoms with Crippen molar-refractivity contribution in [2.45, 2.75) is 11.4 Å². The number of benzene rings is 3. The van der Waals surface area contributed by atoms with E-state index in [2.05, 4.69) is 21.2 Å². The van der Waals surface area contributed by atoms with Crippen LogP contribution < -0.4 is 5.32 Å². The number of ketones is 1. The molecule has 0 saturated carbocycles. The largest absolute Gasteiger partial charge is 0.417 e. The minimum absolute atomic E-state index is 0.0514. The lowest BCUT2D eigenvalue weighted by Gasteiger charge is -2.13. The van der Waals surface area contributed by atoms with Crippen molar-refractivity contribution >= 4 is 49.8 Å². The standard InChI is InChI=1S/C22H15BrF3NOS/c1-27-21-18(14-8-9-17(23)16(11-14)22(24,25)26)19(28)20(29-21)15-7-6-12-4-2-3-5-13(12)10-15/h2-11,20,27H,1H3. The van der Waals surface area contributed by atoms with Gasteiger partial charge >= 0.3 is 6.18 Å². The van der Waals surface area contributed by atoms with Crippen LogP contribution in [0.3, 0.4) is 0 Å². The van der Waals surface area contributed by atoms with Crippen molar-refractivity contribution in [1.82, 2.24) is 5.32 Å². The lowest BCUT2D eigenvalue weighted by atomic mass is 9.95. The molecule has 0 aliphatic carbocycles. The Bertz CT molecular complexity index is 1160. The van der Waals surface area contributed by atoms with Crippen LogP contribution in [0.2, 0.25) is 0 Å². The molecule has 1 unspecified atom stereocenters. The first-order chi connectivity index (χ1) is 13.8. The van der Waals surface area contributed by atoms with Crippen LogP contribution in [0.25, 0.3) is 16.3 Å². The summed E-state index contributed by atoms with van der Waals surface area (Å²) in [4.78, 5) is 13.2. The maximum absolute atomic E-state index is 13.3. The molecule has 29 heavy (non-hydrogen) atoms. The third-order valence-corrected chi connectivity index (χ3v) is 6.87. The van der Waals surface area contributed by atoms with Crippen LogP contribution in [0.4, 0.5) is 13.2 Å². The van der Waals surface area contributed by atoms with Crippen LogP contribution >= 0.6 is 27.7 Å². The van der Waals surface area contributed by atoms with E-state index >= 15 is 0 Å². The number of alkyl halides is 3. The highest BCUT2D eigenvalue weighted by molar-refractivity contribution is 9.10. The minimum Gasteiger partial charge on any atom is -0.382 e. The summed E-state index contributed by atoms with van der Waals surface area (Å²) >= 11 is 4.28. The third kappa shape index (κ3) is 3.69. The number of hydrogen-bond acceptors (Lipinski definition) is 3. The molecule has 0 fully saturated rings. The monoisotopic (exact) mass is 477 g/mol. The second-order valence-electron chi connectivity index (χ2n) is 6.62. The zero-order valence-electron chi connectivity index (χ0n) is 15.2. The molecule has 1 aliphatic rings. The fourth-order valence-corrected chi connectivity index (χ4v) is 5.09. The van der Waals surface area contributed by atoms with Crippen molar-refractivity contribution in [2.75, 3.05) is 7.05 Å². The van der Waals surface area contributed by atoms with E-state index in [-0.39, 0.29) is 21.4 Å². The lowest BCUT2D eigenvalue weighted by Crippen LogP contribution is -2.10. The van der Waals surface area contributed by atoms with E-state index in [0.29, 0.717) is 5.03 Å². The molecular weight excluding hydrogens is 463 g/mol. The van der Waals surface area contributed by atoms with Crippen LogP contribution in [0.5, 0.6) is 0 Å². The van der Waals surface area contributed by atoms with Crippen LogP contribution in [0.15, 0.2) is 70.2 Å². The Morgan fingerprint density at radius 3 is 2.41 bits per heavy atom. The normalized spacial score (nSPS) is 17.3. The van der Waals surface area contributed by atoms with Crippen molar-refractivity contribution in [3.63, 3.8) is 0 Å². The maximum Gasteiger partial charge on any atom is 0.417 e. The van der Waals surface area contributed by atoms with Gasteiger partial charge in [-0.05, 0) is 40.1 Å². The molecule has 3 aromatic rings. The summed E-state index contributed by atoms with van der Waals surface area (Å²) < 4.78 is 39.9. The SMILES string of the molecule is CNC1=C(c2ccc(Br)c(C(F)(F)F)c2)C(=O)C(c2ccc3ccccc3c2)S1. The highest BCUT2D eigenvalue weighted by Gasteiger charge is 2.38. The highest BCUT2D eigenvalue weighted by Crippen LogP contribution is 2.48. The lowest BCUT2D eigenvalue weighted by molar-refractivity contribution is -0.138. The number of Topliss-reactive ketones (excluding diaryl/α,β-unsaturated/α-hetero) is 1. The Hall–Kier alpha value is -2.25. The second kappa shape index (κ2) is 7.54. The molecule has 148 valence electrons. The number of carbonyl (C=O) groups excluding carboxylic acids is 1. The molecule has 0 saturated heterocycles. The fourth-order valence-electron chi connectivity index (χ4n) is 3.42. The number of nitrogens with one attached hydrogen (secondary N) is 1. The van der Waals surface area contributed by atoms with Gasteiger partial charge in [0.2, 0.25) is 0 Å². The predicted octanol–water partition coefficient (Wildman–Crippen LogP) is 6.57. The smallest absolute Gasteiger partial charge is 0.382 e. The predicted molar refractivity (Wildman–Crippen MR) is 114 cm³/mol. The molecule has 0 amide bonds. The van der Waals surface area contributed by atoms with Crippen molar-refractivity contribution in [3.8, 4) is 0 Å². The zero-order chi connectivity index (χ0) is 20.8. The number of fused-ring (bicyclic) bond motifs is 1. The summed E-state index contributed by atoms with van der Waals surface area (Å²) in [5, 5.41) is 5.13. The van der Waals surface area contributed by atoms with E-state index in [4.69, 9.17) is 0 Å². The molecule has 1 N–H and O–H groups in total. The molecule has 1 atom stereocenters. The van der Waals surface area contributed by atoms with E-state index in [0.717, 1.165) is 22.4 Å². The molecule has 4 rings (SSSR count). The molecule has 7 heteroatoms. The molecule has 2 nitrogen and oxygen atoms in total. The van der Waals surface area contributed by atoms with Crippen molar-refractivity contribution in [3.05, 3.63) is 86.9 Å². The van der Waals surface area contributed by atoms with Gasteiger partial charge in [-0.2, -0.15) is 13.2 Å². The average Bonchev–Trinajstić information content (AvgIpc) is 3.03. The topological polar surface area (TPSA) is 29.1 Å². The molecule has 0 radical (unpaired) electrons. The molecule has 0 bridgehead atoms. The second-order valence-corrected chi connectivity index (χ2v) is 8.58. The van der Waals surface area contributed by atoms with Gasteiger partial charge < -0.3 is 5.32 Å². The number of hydrogen-bond donors (Lipinski definition) is 1. The summed E-state index contributed by atoms with van der Waals surface area (Å²) in [6.07, 6.45) is -4.51. The summed E-state index contributed by atoms with van der Waals surface area (Å²) in [5.74, 6) is -0.204. The first kappa shape index (κ1) is 20.0. The van der Waals surface area contributed by atoms with E-state index in [1.807, 2.05) is 42.5 Å². The Kier molecular flexibility index (Phi) is 5.21. The Morgan fingerprint density at radius 1 is 1.00 bits per heavy atom. The Labute approximate surface area is 178 Å². The van der Waals surface area contributed by atoms with Crippen LogP contribution in [-0.2, 0) is 11.0 Å². The molecule has 0 aromatic heterocycles. The first-order valence-electron chi connectivity index (χ1n) is 8.78. The number of allylic oxidation sites excluding steroid dienone is 1. The number of thioether (sulfide) groups is 1. The molecule has 1 heterocycles. The number of halogens is 4. The Morgan fingerprint density at radius 2 is 1.72 bits per heavy atom. The Balaban J connectivity index is 1.75. The van der Waals surface area contributed by atoms with Crippen molar-refractivity contribution < 1.29 is 18.0 Å². The average molecular weight is 478 g/mol. The first-order valence-corrected chi connectivity index (χ1v) is 10.5. The van der Waals surface area contributed by atoms with Gasteiger partial charge in [-0.1, -0.05) is 70.2 Å². The summed E-state index contributed by atoms with van der Waals surface area (Å²) in [6.45, 7) is 0. The van der Waals surface area contributed by atoms with Gasteiger partial charge in [-0.25, -0.2) is 0 Å². The van der Waals surface area contributed by atoms with Gasteiger partial charge in [0.05, 0.1) is 21.4 Å². The van der Waals surface area contributed by atoms with E-state index in [1.165, 1.54) is 23.9 Å². The van der Waals surface area contributed by atoms with Gasteiger partial charge in [0, 0.05) is 11.5 Å². The number of carbonyl (C=O) groups is 1. The van der Waals surface area contributed by atoms with Crippen LogP contribution in [0.1, 0.15) is 21.9 Å². The van der Waals surface area contributed by atoms with Gasteiger partial charge in [-0.3, -0.25) is 4.79 Å². The van der Waals surface area contributed by atoms with Crippen molar-refractivity contribution in [2.24, 2.45) is 0 Å². The molecule has 0 spiro atoms. The third-order valence-electron chi connectivity index (χ3n) is 4.81. The zero-order valence-corrected chi connectivity index (χ0v) is 17.6. The van der Waals surface area contributed by atoms with Crippen molar-refractivity contribution in [1.29, 1.82) is 0 Å². The van der Waals surface area contributed by atoms with Gasteiger partial charge in [0.15, 0.2) is 5.78 Å². The fraction of sp³-hybridized carbons (Fsp3) is 0.136. The molecule has 3 aromatic carbocycles. The maximum atomic E-state index is 13.3. The summed E-state index contributed by atoms with van der Waals surface area (Å²) in [6, 6.07) is 17.6. The summed E-state index contributed by atoms with van der Waals surface area (Å²) in [7, 11) is 1.67. The van der Waals surface area contributed by atoms with Gasteiger partial charge in [0.25, 0.3) is 0 Å². The van der Waals surface area contributed by atoms with Crippen LogP contribution in [-0.4, -0.2) is 12.8 Å².